The van der Waals surface area contributed by atoms with Gasteiger partial charge in [0, 0.05) is 50.1 Å². The van der Waals surface area contributed by atoms with E-state index in [0.717, 1.165) is 40.8 Å². The summed E-state index contributed by atoms with van der Waals surface area (Å²) in [6, 6.07) is 10.5. The lowest BCUT2D eigenvalue weighted by molar-refractivity contribution is -0.192. The summed E-state index contributed by atoms with van der Waals surface area (Å²) in [7, 11) is 0. The minimum atomic E-state index is -5.08. The second-order valence-electron chi connectivity index (χ2n) is 13.7. The third-order valence-corrected chi connectivity index (χ3v) is 8.25. The summed E-state index contributed by atoms with van der Waals surface area (Å²) in [4.78, 5) is 77.4. The molecule has 6 N–H and O–H groups in total. The van der Waals surface area contributed by atoms with Gasteiger partial charge in [-0.15, -0.1) is 0 Å². The van der Waals surface area contributed by atoms with Gasteiger partial charge in [0.05, 0.1) is 17.8 Å². The van der Waals surface area contributed by atoms with Crippen molar-refractivity contribution >= 4 is 35.5 Å². The van der Waals surface area contributed by atoms with Gasteiger partial charge in [-0.05, 0) is 35.6 Å². The number of aliphatic hydroxyl groups is 1. The first-order valence-electron chi connectivity index (χ1n) is 17.2. The van der Waals surface area contributed by atoms with Gasteiger partial charge in [0.25, 0.3) is 11.8 Å². The number of nitrogens with one attached hydrogen (secondary N) is 2. The summed E-state index contributed by atoms with van der Waals surface area (Å²) in [5.74, 6) is -6.72. The number of benzene rings is 2. The summed E-state index contributed by atoms with van der Waals surface area (Å²) in [6.45, 7) is 4.52. The Kier molecular flexibility index (Phi) is 15.7. The summed E-state index contributed by atoms with van der Waals surface area (Å²) in [6.07, 6.45) is -1.37. The second kappa shape index (κ2) is 19.7. The number of carbonyl (C=O) groups excluding carboxylic acids is 5. The lowest BCUT2D eigenvalue weighted by Crippen LogP contribution is -2.48. The maximum Gasteiger partial charge on any atom is 0.490 e. The Morgan fingerprint density at radius 3 is 2.11 bits per heavy atom. The van der Waals surface area contributed by atoms with Gasteiger partial charge in [0.1, 0.15) is 30.6 Å². The summed E-state index contributed by atoms with van der Waals surface area (Å²) < 4.78 is 62.6. The van der Waals surface area contributed by atoms with Crippen LogP contribution in [0.25, 0.3) is 11.3 Å². The van der Waals surface area contributed by atoms with E-state index >= 15 is 0 Å². The number of imide groups is 1. The van der Waals surface area contributed by atoms with Gasteiger partial charge >= 0.3 is 12.1 Å². The fourth-order valence-electron chi connectivity index (χ4n) is 5.58. The predicted molar refractivity (Wildman–Crippen MR) is 192 cm³/mol. The first-order valence-corrected chi connectivity index (χ1v) is 17.2. The van der Waals surface area contributed by atoms with Crippen molar-refractivity contribution in [2.24, 2.45) is 11.1 Å². The highest BCUT2D eigenvalue weighted by Gasteiger charge is 2.39. The molecule has 57 heavy (non-hydrogen) atoms. The number of nitrogens with two attached hydrogens (primary N) is 1. The first-order chi connectivity index (χ1) is 26.6. The molecule has 5 amide bonds. The Labute approximate surface area is 323 Å². The monoisotopic (exact) mass is 807 g/mol. The van der Waals surface area contributed by atoms with E-state index in [4.69, 9.17) is 20.6 Å². The number of rotatable bonds is 15. The standard InChI is InChI=1S/C35H41F2N7O6.C2HF3O2/c1-35(2,3)32(33-41-27(24-17-23(36)9-10-25(24)37)19-42(33)18-22-7-5-4-6-8-22)43(31(49)21-45)16-13-26(38)34(50)40-15-14-39-28(46)20-44-29(47)11-12-30(44)48;3-2(4,5)1(6)7/h4-12,17,19,26,32,45H,13-16,18,20-21,38H2,1-3H3,(H,39,46)(H,40,50);(H,6,7)/t26-,32?;/m0./s1. The topological polar surface area (TPSA) is 217 Å². The molecule has 20 heteroatoms. The molecule has 308 valence electrons. The number of carboxylic acid groups (broad SMARTS) is 1. The molecule has 4 rings (SSSR count). The van der Waals surface area contributed by atoms with Crippen LogP contribution in [0.1, 0.15) is 44.6 Å². The van der Waals surface area contributed by atoms with E-state index in [2.05, 4.69) is 10.6 Å². The van der Waals surface area contributed by atoms with Gasteiger partial charge in [-0.2, -0.15) is 13.2 Å². The predicted octanol–water partition coefficient (Wildman–Crippen LogP) is 2.29. The lowest BCUT2D eigenvalue weighted by atomic mass is 9.84. The summed E-state index contributed by atoms with van der Waals surface area (Å²) in [5, 5.41) is 22.2. The van der Waals surface area contributed by atoms with E-state index in [-0.39, 0.29) is 43.9 Å². The Bertz CT molecular complexity index is 1950. The molecule has 1 aromatic heterocycles. The number of carboxylic acids is 1. The van der Waals surface area contributed by atoms with E-state index < -0.39 is 84.0 Å². The number of amides is 5. The number of aliphatic carboxylic acids is 1. The van der Waals surface area contributed by atoms with Crippen molar-refractivity contribution in [2.45, 2.75) is 52.0 Å². The number of hydrogen-bond acceptors (Lipinski definition) is 9. The van der Waals surface area contributed by atoms with Gasteiger partial charge in [0.15, 0.2) is 0 Å². The van der Waals surface area contributed by atoms with E-state index in [1.54, 1.807) is 10.8 Å². The van der Waals surface area contributed by atoms with Crippen LogP contribution in [0.3, 0.4) is 0 Å². The normalized spacial score (nSPS) is 13.8. The molecule has 0 saturated heterocycles. The minimum absolute atomic E-state index is 0.000475. The van der Waals surface area contributed by atoms with E-state index in [9.17, 15) is 51.0 Å². The van der Waals surface area contributed by atoms with Crippen molar-refractivity contribution in [2.75, 3.05) is 32.8 Å². The van der Waals surface area contributed by atoms with Crippen molar-refractivity contribution in [3.63, 3.8) is 0 Å². The van der Waals surface area contributed by atoms with Crippen LogP contribution in [-0.4, -0.2) is 110 Å². The van der Waals surface area contributed by atoms with Crippen LogP contribution >= 0.6 is 0 Å². The Hall–Kier alpha value is -6.02. The largest absolute Gasteiger partial charge is 0.490 e. The van der Waals surface area contributed by atoms with Crippen LogP contribution in [0.4, 0.5) is 22.0 Å². The molecule has 2 heterocycles. The van der Waals surface area contributed by atoms with Crippen LogP contribution in [0.5, 0.6) is 0 Å². The number of carbonyl (C=O) groups is 6. The Balaban J connectivity index is 0.00000113. The maximum atomic E-state index is 14.9. The molecular weight excluding hydrogens is 765 g/mol. The summed E-state index contributed by atoms with van der Waals surface area (Å²) >= 11 is 0. The van der Waals surface area contributed by atoms with E-state index in [1.807, 2.05) is 51.1 Å². The molecule has 1 aliphatic heterocycles. The molecule has 3 aromatic rings. The quantitative estimate of drug-likeness (QED) is 0.0858. The number of hydrogen-bond donors (Lipinski definition) is 5. The average Bonchev–Trinajstić information content (AvgIpc) is 3.69. The number of imidazole rings is 1. The highest BCUT2D eigenvalue weighted by Crippen LogP contribution is 2.39. The summed E-state index contributed by atoms with van der Waals surface area (Å²) in [5.41, 5.74) is 6.45. The fraction of sp³-hybridized carbons (Fsp3) is 0.378. The van der Waals surface area contributed by atoms with Crippen molar-refractivity contribution in [1.82, 2.24) is 30.0 Å². The number of aromatic nitrogens is 2. The molecule has 15 nitrogen and oxygen atoms in total. The smallest absolute Gasteiger partial charge is 0.475 e. The Morgan fingerprint density at radius 2 is 1.54 bits per heavy atom. The molecule has 2 aromatic carbocycles. The van der Waals surface area contributed by atoms with Crippen LogP contribution in [0.2, 0.25) is 0 Å². The number of aliphatic hydroxyl groups excluding tert-OH is 1. The van der Waals surface area contributed by atoms with Crippen LogP contribution in [-0.2, 0) is 35.3 Å². The van der Waals surface area contributed by atoms with E-state index in [0.29, 0.717) is 5.82 Å². The van der Waals surface area contributed by atoms with Crippen molar-refractivity contribution < 1.29 is 60.9 Å². The highest BCUT2D eigenvalue weighted by molar-refractivity contribution is 6.14. The molecule has 2 atom stereocenters. The zero-order valence-electron chi connectivity index (χ0n) is 31.1. The first kappa shape index (κ1) is 45.4. The Morgan fingerprint density at radius 1 is 0.947 bits per heavy atom. The minimum Gasteiger partial charge on any atom is -0.475 e. The molecule has 0 saturated carbocycles. The number of alkyl halides is 3. The second-order valence-corrected chi connectivity index (χ2v) is 13.7. The number of halogens is 5. The average molecular weight is 808 g/mol. The van der Waals surface area contributed by atoms with Crippen molar-refractivity contribution in [1.29, 1.82) is 0 Å². The molecule has 0 aliphatic carbocycles. The number of nitrogens with zero attached hydrogens (tertiary/aromatic N) is 4. The third kappa shape index (κ3) is 13.0. The van der Waals surface area contributed by atoms with Gasteiger partial charge in [-0.25, -0.2) is 18.6 Å². The lowest BCUT2D eigenvalue weighted by Gasteiger charge is -2.40. The van der Waals surface area contributed by atoms with Crippen molar-refractivity contribution in [3.05, 3.63) is 89.9 Å². The fourth-order valence-corrected chi connectivity index (χ4v) is 5.58. The SMILES string of the molecule is CC(C)(C)C(c1nc(-c2cc(F)ccc2F)cn1Cc1ccccc1)N(CC[C@H](N)C(=O)NCCNC(=O)CN1C(=O)C=CC1=O)C(=O)CO.O=C(O)C(F)(F)F. The molecule has 0 bridgehead atoms. The molecule has 0 fully saturated rings. The van der Waals surface area contributed by atoms with Crippen molar-refractivity contribution in [3.8, 4) is 11.3 Å². The van der Waals surface area contributed by atoms with Crippen LogP contribution in [0.15, 0.2) is 66.9 Å². The van der Waals surface area contributed by atoms with Crippen LogP contribution in [0, 0.1) is 17.0 Å². The molecule has 1 unspecified atom stereocenters. The van der Waals surface area contributed by atoms with Gasteiger partial charge < -0.3 is 36.0 Å². The maximum absolute atomic E-state index is 14.9. The molecule has 0 radical (unpaired) electrons. The highest BCUT2D eigenvalue weighted by atomic mass is 19.4. The third-order valence-electron chi connectivity index (χ3n) is 8.25. The molecule has 1 aliphatic rings. The van der Waals surface area contributed by atoms with Gasteiger partial charge in [-0.3, -0.25) is 28.9 Å². The van der Waals surface area contributed by atoms with E-state index in [1.165, 1.54) is 4.90 Å². The zero-order chi connectivity index (χ0) is 42.7. The van der Waals surface area contributed by atoms with Gasteiger partial charge in [-0.1, -0.05) is 51.1 Å². The van der Waals surface area contributed by atoms with Crippen LogP contribution < -0.4 is 16.4 Å². The zero-order valence-corrected chi connectivity index (χ0v) is 31.1. The molecule has 0 spiro atoms. The molecular formula is C37H42F5N7O8. The van der Waals surface area contributed by atoms with Gasteiger partial charge in [0.2, 0.25) is 17.7 Å².